The van der Waals surface area contributed by atoms with Gasteiger partial charge in [0.1, 0.15) is 24.5 Å². The van der Waals surface area contributed by atoms with Gasteiger partial charge in [-0.3, -0.25) is 19.2 Å². The van der Waals surface area contributed by atoms with E-state index in [2.05, 4.69) is 10.3 Å². The summed E-state index contributed by atoms with van der Waals surface area (Å²) >= 11 is 0.926. The number of ether oxygens (including phenoxy) is 6. The maximum atomic E-state index is 13.6. The fraction of sp³-hybridized carbons (Fsp3) is 0.433. The van der Waals surface area contributed by atoms with Crippen molar-refractivity contribution in [2.75, 3.05) is 13.7 Å². The van der Waals surface area contributed by atoms with Gasteiger partial charge < -0.3 is 33.7 Å². The van der Waals surface area contributed by atoms with E-state index >= 15 is 0 Å². The Morgan fingerprint density at radius 1 is 0.956 bits per heavy atom. The number of aromatic nitrogens is 1. The number of thioether (sulfide) groups is 1. The van der Waals surface area contributed by atoms with E-state index in [1.807, 2.05) is 0 Å². The standard InChI is InChI=1S/C30H34N2O12S/c1-17(33)32-25-23(43-28(37)22-13-9-10-14-31-22)15-30(29(38)39-5,45-21-11-7-6-8-12-21)44-27(25)26(42-20(4)36)24(41-19(3)35)16-40-18(2)34/h6-14,23-27H,15-16H2,1-5H3,(H,32,33)/t23-,24+,25+,26+,27+,30-/m0/s1. The minimum atomic E-state index is -1.97. The van der Waals surface area contributed by atoms with Crippen LogP contribution in [0.15, 0.2) is 59.6 Å². The molecule has 1 aromatic heterocycles. The number of methoxy groups -OCH3 is 1. The second-order valence-corrected chi connectivity index (χ2v) is 11.2. The molecular formula is C30H34N2O12S. The van der Waals surface area contributed by atoms with Crippen LogP contribution in [0.1, 0.15) is 44.6 Å². The van der Waals surface area contributed by atoms with E-state index in [0.29, 0.717) is 4.90 Å². The molecule has 0 radical (unpaired) electrons. The van der Waals surface area contributed by atoms with Crippen molar-refractivity contribution in [1.82, 2.24) is 10.3 Å². The highest BCUT2D eigenvalue weighted by atomic mass is 32.2. The van der Waals surface area contributed by atoms with Crippen molar-refractivity contribution in [2.24, 2.45) is 0 Å². The second-order valence-electron chi connectivity index (χ2n) is 9.86. The third kappa shape index (κ3) is 9.74. The Kier molecular flexibility index (Phi) is 12.4. The monoisotopic (exact) mass is 646 g/mol. The molecule has 1 aliphatic rings. The fourth-order valence-corrected chi connectivity index (χ4v) is 5.90. The molecule has 2 heterocycles. The predicted molar refractivity (Wildman–Crippen MR) is 155 cm³/mol. The molecule has 1 N–H and O–H groups in total. The molecule has 0 aliphatic carbocycles. The molecule has 3 rings (SSSR count). The lowest BCUT2D eigenvalue weighted by Gasteiger charge is -2.48. The Balaban J connectivity index is 2.23. The average Bonchev–Trinajstić information content (AvgIpc) is 2.99. The van der Waals surface area contributed by atoms with E-state index in [1.165, 1.54) is 19.2 Å². The number of pyridine rings is 1. The average molecular weight is 647 g/mol. The fourth-order valence-electron chi connectivity index (χ4n) is 4.65. The largest absolute Gasteiger partial charge is 0.466 e. The highest BCUT2D eigenvalue weighted by Crippen LogP contribution is 2.46. The molecule has 45 heavy (non-hydrogen) atoms. The maximum absolute atomic E-state index is 13.6. The third-order valence-corrected chi connectivity index (χ3v) is 7.60. The molecule has 6 atom stereocenters. The van der Waals surface area contributed by atoms with E-state index in [4.69, 9.17) is 28.4 Å². The summed E-state index contributed by atoms with van der Waals surface area (Å²) in [5, 5.41) is 2.66. The lowest BCUT2D eigenvalue weighted by molar-refractivity contribution is -0.220. The molecule has 1 amide bonds. The van der Waals surface area contributed by atoms with Crippen molar-refractivity contribution >= 4 is 47.5 Å². The minimum absolute atomic E-state index is 0.0642. The van der Waals surface area contributed by atoms with E-state index < -0.39 is 77.8 Å². The number of esters is 5. The summed E-state index contributed by atoms with van der Waals surface area (Å²) in [5.74, 6) is -4.81. The highest BCUT2D eigenvalue weighted by Gasteiger charge is 2.59. The number of nitrogens with zero attached hydrogens (tertiary/aromatic N) is 1. The molecule has 0 saturated carbocycles. The summed E-state index contributed by atoms with van der Waals surface area (Å²) in [6.45, 7) is 3.88. The van der Waals surface area contributed by atoms with Crippen LogP contribution in [0.5, 0.6) is 0 Å². The van der Waals surface area contributed by atoms with Gasteiger partial charge in [-0.25, -0.2) is 14.6 Å². The van der Waals surface area contributed by atoms with Crippen molar-refractivity contribution in [2.45, 2.75) is 74.4 Å². The van der Waals surface area contributed by atoms with Gasteiger partial charge in [-0.2, -0.15) is 0 Å². The lowest BCUT2D eigenvalue weighted by Crippen LogP contribution is -2.68. The number of nitrogens with one attached hydrogen (secondary N) is 1. The zero-order valence-electron chi connectivity index (χ0n) is 25.3. The molecule has 0 bridgehead atoms. The van der Waals surface area contributed by atoms with Crippen LogP contribution in [0.25, 0.3) is 0 Å². The number of carbonyl (C=O) groups is 6. The number of hydrogen-bond acceptors (Lipinski definition) is 14. The van der Waals surface area contributed by atoms with Crippen molar-refractivity contribution in [3.05, 3.63) is 60.4 Å². The Morgan fingerprint density at radius 3 is 2.18 bits per heavy atom. The third-order valence-electron chi connectivity index (χ3n) is 6.34. The quantitative estimate of drug-likeness (QED) is 0.261. The van der Waals surface area contributed by atoms with Crippen molar-refractivity contribution < 1.29 is 57.2 Å². The van der Waals surface area contributed by atoms with Gasteiger partial charge in [-0.1, -0.05) is 36.0 Å². The molecule has 1 aromatic carbocycles. The van der Waals surface area contributed by atoms with Gasteiger partial charge in [0.15, 0.2) is 12.2 Å². The zero-order valence-corrected chi connectivity index (χ0v) is 26.1. The van der Waals surface area contributed by atoms with Crippen LogP contribution in [0.3, 0.4) is 0 Å². The molecule has 1 fully saturated rings. The molecule has 2 aromatic rings. The molecule has 15 heteroatoms. The van der Waals surface area contributed by atoms with Crippen LogP contribution in [-0.2, 0) is 52.4 Å². The van der Waals surface area contributed by atoms with Crippen LogP contribution in [0.2, 0.25) is 0 Å². The first-order valence-electron chi connectivity index (χ1n) is 13.7. The van der Waals surface area contributed by atoms with E-state index in [0.717, 1.165) is 39.6 Å². The van der Waals surface area contributed by atoms with Crippen molar-refractivity contribution in [1.29, 1.82) is 0 Å². The van der Waals surface area contributed by atoms with Gasteiger partial charge in [-0.15, -0.1) is 0 Å². The first-order chi connectivity index (χ1) is 21.3. The van der Waals surface area contributed by atoms with Crippen LogP contribution < -0.4 is 5.32 Å². The summed E-state index contributed by atoms with van der Waals surface area (Å²) in [6.07, 6.45) is -4.95. The highest BCUT2D eigenvalue weighted by molar-refractivity contribution is 8.01. The molecule has 0 spiro atoms. The Bertz CT molecular complexity index is 1380. The number of hydrogen-bond donors (Lipinski definition) is 1. The van der Waals surface area contributed by atoms with Gasteiger partial charge in [0.05, 0.1) is 13.2 Å². The lowest BCUT2D eigenvalue weighted by atomic mass is 9.89. The minimum Gasteiger partial charge on any atom is -0.466 e. The number of rotatable bonds is 12. The Hall–Kier alpha value is -4.50. The SMILES string of the molecule is COC(=O)[C@@]1(Sc2ccccc2)C[C@H](OC(=O)c2ccccn2)[C@@H](NC(C)=O)[C@H]([C@H](OC(C)=O)[C@@H](COC(C)=O)OC(C)=O)O1. The summed E-state index contributed by atoms with van der Waals surface area (Å²) in [6, 6.07) is 11.9. The van der Waals surface area contributed by atoms with E-state index in [1.54, 1.807) is 42.5 Å². The van der Waals surface area contributed by atoms with E-state index in [9.17, 15) is 28.8 Å². The number of carbonyl (C=O) groups excluding carboxylic acids is 6. The molecule has 0 unspecified atom stereocenters. The van der Waals surface area contributed by atoms with Gasteiger partial charge in [0, 0.05) is 45.2 Å². The number of amides is 1. The smallest absolute Gasteiger partial charge is 0.357 e. The summed E-state index contributed by atoms with van der Waals surface area (Å²) < 4.78 is 33.6. The van der Waals surface area contributed by atoms with Crippen molar-refractivity contribution in [3.8, 4) is 0 Å². The molecule has 14 nitrogen and oxygen atoms in total. The van der Waals surface area contributed by atoms with Crippen LogP contribution >= 0.6 is 11.8 Å². The Morgan fingerprint density at radius 2 is 1.62 bits per heavy atom. The van der Waals surface area contributed by atoms with Crippen LogP contribution in [0.4, 0.5) is 0 Å². The maximum Gasteiger partial charge on any atom is 0.357 e. The Labute approximate surface area is 263 Å². The molecule has 1 saturated heterocycles. The summed E-state index contributed by atoms with van der Waals surface area (Å²) in [5.41, 5.74) is -0.0642. The van der Waals surface area contributed by atoms with Gasteiger partial charge in [0.25, 0.3) is 0 Å². The number of benzene rings is 1. The topological polar surface area (TPSA) is 183 Å². The first kappa shape index (κ1) is 35.0. The summed E-state index contributed by atoms with van der Waals surface area (Å²) in [4.78, 5) is 78.3. The van der Waals surface area contributed by atoms with Crippen LogP contribution in [-0.4, -0.2) is 89.8 Å². The zero-order chi connectivity index (χ0) is 33.1. The molecule has 1 aliphatic heterocycles. The molecular weight excluding hydrogens is 612 g/mol. The van der Waals surface area contributed by atoms with Crippen LogP contribution in [0, 0.1) is 0 Å². The van der Waals surface area contributed by atoms with Gasteiger partial charge in [-0.05, 0) is 24.3 Å². The predicted octanol–water partition coefficient (Wildman–Crippen LogP) is 1.99. The summed E-state index contributed by atoms with van der Waals surface area (Å²) in [7, 11) is 1.13. The first-order valence-corrected chi connectivity index (χ1v) is 14.5. The molecule has 242 valence electrons. The van der Waals surface area contributed by atoms with E-state index in [-0.39, 0.29) is 12.1 Å². The van der Waals surface area contributed by atoms with Gasteiger partial charge >= 0.3 is 29.8 Å². The van der Waals surface area contributed by atoms with Crippen molar-refractivity contribution in [3.63, 3.8) is 0 Å². The van der Waals surface area contributed by atoms with Gasteiger partial charge in [0.2, 0.25) is 10.8 Å². The normalized spacial score (nSPS) is 22.1. The second kappa shape index (κ2) is 16.0.